The zero-order valence-electron chi connectivity index (χ0n) is 13.6. The highest BCUT2D eigenvalue weighted by Gasteiger charge is 2.12. The third-order valence-corrected chi connectivity index (χ3v) is 5.61. The van der Waals surface area contributed by atoms with Crippen LogP contribution in [0.4, 0.5) is 0 Å². The Hall–Kier alpha value is -2.16. The van der Waals surface area contributed by atoms with E-state index < -0.39 is 0 Å². The van der Waals surface area contributed by atoms with E-state index in [9.17, 15) is 4.79 Å². The van der Waals surface area contributed by atoms with E-state index in [-0.39, 0.29) is 5.56 Å². The molecule has 0 spiro atoms. The van der Waals surface area contributed by atoms with Gasteiger partial charge in [0.05, 0.1) is 23.3 Å². The van der Waals surface area contributed by atoms with Gasteiger partial charge in [-0.2, -0.15) is 0 Å². The van der Waals surface area contributed by atoms with Crippen LogP contribution in [0.15, 0.2) is 51.9 Å². The molecule has 0 saturated carbocycles. The molecular weight excluding hydrogens is 356 g/mol. The number of para-hydroxylation sites is 2. The Morgan fingerprint density at radius 1 is 1.28 bits per heavy atom. The number of thioether (sulfide) groups is 1. The van der Waals surface area contributed by atoms with Crippen molar-refractivity contribution in [2.45, 2.75) is 17.5 Å². The van der Waals surface area contributed by atoms with Gasteiger partial charge in [0, 0.05) is 37.1 Å². The summed E-state index contributed by atoms with van der Waals surface area (Å²) in [5, 5.41) is 2.77. The molecule has 0 aliphatic rings. The highest BCUT2D eigenvalue weighted by Crippen LogP contribution is 2.26. The molecule has 0 fully saturated rings. The van der Waals surface area contributed by atoms with Crippen molar-refractivity contribution in [2.75, 3.05) is 13.7 Å². The average molecular weight is 372 g/mol. The summed E-state index contributed by atoms with van der Waals surface area (Å²) in [4.78, 5) is 22.1. The topological polar surface area (TPSA) is 61.4 Å². The van der Waals surface area contributed by atoms with Crippen LogP contribution in [0.2, 0.25) is 0 Å². The first-order chi connectivity index (χ1) is 12.3. The minimum atomic E-state index is -0.0465. The molecule has 25 heavy (non-hydrogen) atoms. The molecule has 3 aromatic heterocycles. The molecule has 1 aromatic carbocycles. The number of benzene rings is 1. The number of imidazole rings is 1. The first-order valence-corrected chi connectivity index (χ1v) is 9.65. The van der Waals surface area contributed by atoms with Gasteiger partial charge in [-0.25, -0.2) is 9.97 Å². The quantitative estimate of drug-likeness (QED) is 0.487. The van der Waals surface area contributed by atoms with Gasteiger partial charge in [-0.05, 0) is 12.1 Å². The summed E-state index contributed by atoms with van der Waals surface area (Å²) in [5.74, 6) is 0.597. The van der Waals surface area contributed by atoms with Gasteiger partial charge in [0.25, 0.3) is 5.56 Å². The number of ether oxygens (including phenoxy) is 1. The second-order valence-corrected chi connectivity index (χ2v) is 7.27. The van der Waals surface area contributed by atoms with Crippen molar-refractivity contribution in [3.05, 3.63) is 58.0 Å². The van der Waals surface area contributed by atoms with Crippen molar-refractivity contribution in [1.82, 2.24) is 18.9 Å². The van der Waals surface area contributed by atoms with Crippen LogP contribution in [-0.2, 0) is 17.0 Å². The lowest BCUT2D eigenvalue weighted by Crippen LogP contribution is -2.12. The van der Waals surface area contributed by atoms with Crippen LogP contribution in [0.3, 0.4) is 0 Å². The summed E-state index contributed by atoms with van der Waals surface area (Å²) in [6, 6.07) is 9.65. The summed E-state index contributed by atoms with van der Waals surface area (Å²) in [6.45, 7) is 1.36. The van der Waals surface area contributed by atoms with Crippen LogP contribution in [0.1, 0.15) is 5.69 Å². The Labute approximate surface area is 152 Å². The van der Waals surface area contributed by atoms with Gasteiger partial charge in [0.1, 0.15) is 0 Å². The van der Waals surface area contributed by atoms with E-state index in [4.69, 9.17) is 9.72 Å². The Morgan fingerprint density at radius 2 is 2.16 bits per heavy atom. The summed E-state index contributed by atoms with van der Waals surface area (Å²) in [6.07, 6.45) is 1.75. The molecule has 4 rings (SSSR count). The van der Waals surface area contributed by atoms with Crippen LogP contribution in [0, 0.1) is 0 Å². The number of rotatable bonds is 6. The predicted molar refractivity (Wildman–Crippen MR) is 101 cm³/mol. The van der Waals surface area contributed by atoms with E-state index in [1.54, 1.807) is 35.5 Å². The maximum atomic E-state index is 12.1. The number of thiazole rings is 1. The SMILES string of the molecule is COCCn1c(SCc2cc(=O)n3ccsc3n2)nc2ccccc21. The molecule has 0 unspecified atom stereocenters. The first-order valence-electron chi connectivity index (χ1n) is 7.79. The monoisotopic (exact) mass is 372 g/mol. The smallest absolute Gasteiger partial charge is 0.258 e. The molecular formula is C17H16N4O2S2. The van der Waals surface area contributed by atoms with Crippen molar-refractivity contribution in [3.63, 3.8) is 0 Å². The maximum absolute atomic E-state index is 12.1. The number of hydrogen-bond donors (Lipinski definition) is 0. The number of hydrogen-bond acceptors (Lipinski definition) is 6. The lowest BCUT2D eigenvalue weighted by molar-refractivity contribution is 0.186. The van der Waals surface area contributed by atoms with Crippen LogP contribution in [0.5, 0.6) is 0 Å². The molecule has 0 radical (unpaired) electrons. The van der Waals surface area contributed by atoms with Crippen molar-refractivity contribution >= 4 is 39.1 Å². The normalized spacial score (nSPS) is 11.6. The van der Waals surface area contributed by atoms with Gasteiger partial charge in [-0.3, -0.25) is 9.20 Å². The number of aromatic nitrogens is 4. The second-order valence-electron chi connectivity index (χ2n) is 5.46. The zero-order chi connectivity index (χ0) is 17.2. The Balaban J connectivity index is 1.64. The highest BCUT2D eigenvalue weighted by atomic mass is 32.2. The molecule has 0 aliphatic heterocycles. The zero-order valence-corrected chi connectivity index (χ0v) is 15.2. The van der Waals surface area contributed by atoms with Crippen molar-refractivity contribution < 1.29 is 4.74 Å². The van der Waals surface area contributed by atoms with Gasteiger partial charge in [0.15, 0.2) is 10.1 Å². The van der Waals surface area contributed by atoms with Crippen molar-refractivity contribution in [1.29, 1.82) is 0 Å². The number of nitrogens with zero attached hydrogens (tertiary/aromatic N) is 4. The van der Waals surface area contributed by atoms with Crippen molar-refractivity contribution in [3.8, 4) is 0 Å². The fraction of sp³-hybridized carbons (Fsp3) is 0.235. The van der Waals surface area contributed by atoms with E-state index in [1.807, 2.05) is 23.6 Å². The molecule has 128 valence electrons. The van der Waals surface area contributed by atoms with Crippen LogP contribution in [-0.4, -0.2) is 32.7 Å². The predicted octanol–water partition coefficient (Wildman–Crippen LogP) is 3.04. The van der Waals surface area contributed by atoms with Crippen LogP contribution >= 0.6 is 23.1 Å². The summed E-state index contributed by atoms with van der Waals surface area (Å²) >= 11 is 3.05. The molecule has 0 bridgehead atoms. The number of fused-ring (bicyclic) bond motifs is 2. The number of methoxy groups -OCH3 is 1. The van der Waals surface area contributed by atoms with Gasteiger partial charge < -0.3 is 9.30 Å². The third-order valence-electron chi connectivity index (χ3n) is 3.84. The molecule has 8 heteroatoms. The van der Waals surface area contributed by atoms with Gasteiger partial charge >= 0.3 is 0 Å². The van der Waals surface area contributed by atoms with Gasteiger partial charge in [-0.15, -0.1) is 11.3 Å². The standard InChI is InChI=1S/C17H16N4O2S2/c1-23-8-6-20-14-5-3-2-4-13(14)19-17(20)25-11-12-10-15(22)21-7-9-24-16(21)18-12/h2-5,7,9-10H,6,8,11H2,1H3. The molecule has 0 amide bonds. The molecule has 0 atom stereocenters. The maximum Gasteiger partial charge on any atom is 0.258 e. The molecule has 0 aliphatic carbocycles. The summed E-state index contributed by atoms with van der Waals surface area (Å²) < 4.78 is 8.94. The second kappa shape index (κ2) is 6.99. The summed E-state index contributed by atoms with van der Waals surface area (Å²) in [7, 11) is 1.69. The molecule has 3 heterocycles. The Kier molecular flexibility index (Phi) is 4.56. The molecule has 6 nitrogen and oxygen atoms in total. The van der Waals surface area contributed by atoms with E-state index in [1.165, 1.54) is 11.3 Å². The van der Waals surface area contributed by atoms with E-state index >= 15 is 0 Å². The Bertz CT molecular complexity index is 1080. The third kappa shape index (κ3) is 3.20. The first kappa shape index (κ1) is 16.3. The minimum absolute atomic E-state index is 0.0465. The fourth-order valence-electron chi connectivity index (χ4n) is 2.66. The minimum Gasteiger partial charge on any atom is -0.383 e. The lowest BCUT2D eigenvalue weighted by atomic mass is 10.3. The largest absolute Gasteiger partial charge is 0.383 e. The molecule has 0 saturated heterocycles. The average Bonchev–Trinajstić information content (AvgIpc) is 3.22. The Morgan fingerprint density at radius 3 is 3.04 bits per heavy atom. The van der Waals surface area contributed by atoms with E-state index in [0.29, 0.717) is 12.4 Å². The molecule has 4 aromatic rings. The van der Waals surface area contributed by atoms with Crippen LogP contribution in [0.25, 0.3) is 16.0 Å². The van der Waals surface area contributed by atoms with Gasteiger partial charge in [-0.1, -0.05) is 23.9 Å². The fourth-order valence-corrected chi connectivity index (χ4v) is 4.33. The van der Waals surface area contributed by atoms with Crippen LogP contribution < -0.4 is 5.56 Å². The van der Waals surface area contributed by atoms with Gasteiger partial charge in [0.2, 0.25) is 0 Å². The van der Waals surface area contributed by atoms with E-state index in [0.717, 1.165) is 33.4 Å². The lowest BCUT2D eigenvalue weighted by Gasteiger charge is -2.08. The molecule has 0 N–H and O–H groups in total. The van der Waals surface area contributed by atoms with Crippen molar-refractivity contribution in [2.24, 2.45) is 0 Å². The summed E-state index contributed by atoms with van der Waals surface area (Å²) in [5.41, 5.74) is 2.77. The highest BCUT2D eigenvalue weighted by molar-refractivity contribution is 7.98. The van der Waals surface area contributed by atoms with E-state index in [2.05, 4.69) is 15.6 Å².